The Labute approximate surface area is 123 Å². The van der Waals surface area contributed by atoms with Gasteiger partial charge in [0, 0.05) is 25.5 Å². The number of halogens is 1. The Morgan fingerprint density at radius 3 is 2.90 bits per heavy atom. The maximum absolute atomic E-state index is 13.4. The molecule has 0 radical (unpaired) electrons. The fraction of sp³-hybridized carbons (Fsp3) is 0.375. The van der Waals surface area contributed by atoms with Gasteiger partial charge in [0.05, 0.1) is 19.3 Å². The molecular formula is C16H18FN3O. The Bertz CT molecular complexity index is 606. The quantitative estimate of drug-likeness (QED) is 0.869. The number of nitrogens with zero attached hydrogens (tertiary/aromatic N) is 3. The summed E-state index contributed by atoms with van der Waals surface area (Å²) >= 11 is 0. The first-order valence-electron chi connectivity index (χ1n) is 7.08. The zero-order valence-electron chi connectivity index (χ0n) is 12.0. The van der Waals surface area contributed by atoms with Crippen LogP contribution in [0.2, 0.25) is 0 Å². The van der Waals surface area contributed by atoms with Crippen LogP contribution in [0.5, 0.6) is 0 Å². The maximum atomic E-state index is 13.4. The summed E-state index contributed by atoms with van der Waals surface area (Å²) in [7, 11) is 0. The van der Waals surface area contributed by atoms with Crippen molar-refractivity contribution in [1.29, 1.82) is 0 Å². The average molecular weight is 287 g/mol. The first kappa shape index (κ1) is 14.1. The summed E-state index contributed by atoms with van der Waals surface area (Å²) in [6.07, 6.45) is 3.48. The molecule has 0 N–H and O–H groups in total. The van der Waals surface area contributed by atoms with Crippen molar-refractivity contribution in [3.05, 3.63) is 59.4 Å². The predicted octanol–water partition coefficient (Wildman–Crippen LogP) is 2.50. The Hall–Kier alpha value is -1.85. The minimum absolute atomic E-state index is 0.0261. The lowest BCUT2D eigenvalue weighted by molar-refractivity contribution is -0.0337. The second-order valence-electron chi connectivity index (χ2n) is 5.27. The molecule has 1 atom stereocenters. The van der Waals surface area contributed by atoms with E-state index >= 15 is 0 Å². The van der Waals surface area contributed by atoms with Gasteiger partial charge >= 0.3 is 0 Å². The summed E-state index contributed by atoms with van der Waals surface area (Å²) < 4.78 is 19.2. The molecule has 0 saturated carbocycles. The van der Waals surface area contributed by atoms with E-state index in [4.69, 9.17) is 4.74 Å². The van der Waals surface area contributed by atoms with Gasteiger partial charge in [0.2, 0.25) is 0 Å². The highest BCUT2D eigenvalue weighted by atomic mass is 19.1. The molecule has 110 valence electrons. The first-order chi connectivity index (χ1) is 10.2. The van der Waals surface area contributed by atoms with Gasteiger partial charge in [0.1, 0.15) is 11.6 Å². The van der Waals surface area contributed by atoms with Crippen LogP contribution >= 0.6 is 0 Å². The van der Waals surface area contributed by atoms with Crippen LogP contribution in [-0.2, 0) is 11.3 Å². The molecule has 0 bridgehead atoms. The number of hydrogen-bond acceptors (Lipinski definition) is 4. The third kappa shape index (κ3) is 3.43. The minimum Gasteiger partial charge on any atom is -0.371 e. The number of ether oxygens (including phenoxy) is 1. The number of morpholine rings is 1. The normalized spacial score (nSPS) is 19.6. The molecule has 3 rings (SSSR count). The Morgan fingerprint density at radius 2 is 2.14 bits per heavy atom. The zero-order chi connectivity index (χ0) is 14.7. The molecule has 1 aromatic carbocycles. The van der Waals surface area contributed by atoms with E-state index in [1.165, 1.54) is 6.07 Å². The van der Waals surface area contributed by atoms with Crippen molar-refractivity contribution in [2.24, 2.45) is 0 Å². The zero-order valence-corrected chi connectivity index (χ0v) is 12.0. The molecule has 0 aliphatic carbocycles. The molecule has 0 spiro atoms. The molecule has 1 aromatic heterocycles. The van der Waals surface area contributed by atoms with Crippen LogP contribution in [0.15, 0.2) is 36.7 Å². The standard InChI is InChI=1S/C16H18FN3O/c1-12-9-13(3-4-14(12)17)15-10-20(7-8-21-15)11-16-18-5-2-6-19-16/h2-6,9,15H,7-8,10-11H2,1H3/t15-/m1/s1. The van der Waals surface area contributed by atoms with Crippen LogP contribution in [0, 0.1) is 12.7 Å². The topological polar surface area (TPSA) is 38.2 Å². The Kier molecular flexibility index (Phi) is 4.22. The van der Waals surface area contributed by atoms with Crippen molar-refractivity contribution in [2.75, 3.05) is 19.7 Å². The lowest BCUT2D eigenvalue weighted by Crippen LogP contribution is -2.38. The van der Waals surface area contributed by atoms with Crippen LogP contribution in [-0.4, -0.2) is 34.6 Å². The van der Waals surface area contributed by atoms with Gasteiger partial charge in [-0.1, -0.05) is 12.1 Å². The summed E-state index contributed by atoms with van der Waals surface area (Å²) in [4.78, 5) is 10.8. The third-order valence-corrected chi connectivity index (χ3v) is 3.69. The van der Waals surface area contributed by atoms with Crippen molar-refractivity contribution >= 4 is 0 Å². The summed E-state index contributed by atoms with van der Waals surface area (Å²) in [5.74, 6) is 0.637. The molecule has 1 aliphatic rings. The van der Waals surface area contributed by atoms with E-state index in [-0.39, 0.29) is 11.9 Å². The van der Waals surface area contributed by atoms with Crippen LogP contribution in [0.3, 0.4) is 0 Å². The molecule has 1 aliphatic heterocycles. The fourth-order valence-electron chi connectivity index (χ4n) is 2.53. The third-order valence-electron chi connectivity index (χ3n) is 3.69. The second-order valence-corrected chi connectivity index (χ2v) is 5.27. The maximum Gasteiger partial charge on any atom is 0.142 e. The molecule has 5 heteroatoms. The summed E-state index contributed by atoms with van der Waals surface area (Å²) in [5.41, 5.74) is 1.67. The first-order valence-corrected chi connectivity index (χ1v) is 7.08. The molecule has 1 saturated heterocycles. The highest BCUT2D eigenvalue weighted by Gasteiger charge is 2.23. The molecule has 21 heavy (non-hydrogen) atoms. The van der Waals surface area contributed by atoms with Crippen molar-refractivity contribution < 1.29 is 9.13 Å². The molecule has 4 nitrogen and oxygen atoms in total. The van der Waals surface area contributed by atoms with Crippen molar-refractivity contribution in [3.63, 3.8) is 0 Å². The van der Waals surface area contributed by atoms with Gasteiger partial charge in [-0.05, 0) is 30.2 Å². The monoisotopic (exact) mass is 287 g/mol. The van der Waals surface area contributed by atoms with Gasteiger partial charge in [-0.2, -0.15) is 0 Å². The number of hydrogen-bond donors (Lipinski definition) is 0. The average Bonchev–Trinajstić information content (AvgIpc) is 2.51. The van der Waals surface area contributed by atoms with Crippen LogP contribution in [0.1, 0.15) is 23.1 Å². The molecule has 2 heterocycles. The van der Waals surface area contributed by atoms with E-state index in [9.17, 15) is 4.39 Å². The molecule has 0 amide bonds. The van der Waals surface area contributed by atoms with Gasteiger partial charge in [0.25, 0.3) is 0 Å². The van der Waals surface area contributed by atoms with Gasteiger partial charge in [-0.25, -0.2) is 14.4 Å². The number of aryl methyl sites for hydroxylation is 1. The summed E-state index contributed by atoms with van der Waals surface area (Å²) in [5, 5.41) is 0. The number of aromatic nitrogens is 2. The lowest BCUT2D eigenvalue weighted by atomic mass is 10.0. The van der Waals surface area contributed by atoms with Crippen LogP contribution in [0.4, 0.5) is 4.39 Å². The highest BCUT2D eigenvalue weighted by molar-refractivity contribution is 5.26. The van der Waals surface area contributed by atoms with E-state index < -0.39 is 0 Å². The van der Waals surface area contributed by atoms with Crippen molar-refractivity contribution in [1.82, 2.24) is 14.9 Å². The molecule has 0 unspecified atom stereocenters. The number of rotatable bonds is 3. The Morgan fingerprint density at radius 1 is 1.33 bits per heavy atom. The largest absolute Gasteiger partial charge is 0.371 e. The number of benzene rings is 1. The van der Waals surface area contributed by atoms with E-state index in [0.717, 1.165) is 24.5 Å². The second kappa shape index (κ2) is 6.28. The van der Waals surface area contributed by atoms with Gasteiger partial charge in [-0.15, -0.1) is 0 Å². The van der Waals surface area contributed by atoms with E-state index in [1.54, 1.807) is 25.4 Å². The molecule has 2 aromatic rings. The SMILES string of the molecule is Cc1cc([C@H]2CN(Cc3ncccn3)CCO2)ccc1F. The summed E-state index contributed by atoms with van der Waals surface area (Å²) in [6.45, 7) is 4.77. The summed E-state index contributed by atoms with van der Waals surface area (Å²) in [6, 6.07) is 6.98. The highest BCUT2D eigenvalue weighted by Crippen LogP contribution is 2.24. The van der Waals surface area contributed by atoms with Gasteiger partial charge < -0.3 is 4.74 Å². The molecular weight excluding hydrogens is 269 g/mol. The van der Waals surface area contributed by atoms with Crippen LogP contribution in [0.25, 0.3) is 0 Å². The smallest absolute Gasteiger partial charge is 0.142 e. The van der Waals surface area contributed by atoms with Crippen LogP contribution < -0.4 is 0 Å². The van der Waals surface area contributed by atoms with Gasteiger partial charge in [-0.3, -0.25) is 4.90 Å². The van der Waals surface area contributed by atoms with E-state index in [2.05, 4.69) is 14.9 Å². The Balaban J connectivity index is 1.69. The molecule has 1 fully saturated rings. The predicted molar refractivity (Wildman–Crippen MR) is 77.1 cm³/mol. The fourth-order valence-corrected chi connectivity index (χ4v) is 2.53. The van der Waals surface area contributed by atoms with E-state index in [0.29, 0.717) is 18.7 Å². The minimum atomic E-state index is -0.177. The lowest BCUT2D eigenvalue weighted by Gasteiger charge is -2.32. The van der Waals surface area contributed by atoms with Gasteiger partial charge in [0.15, 0.2) is 0 Å². The van der Waals surface area contributed by atoms with Crippen molar-refractivity contribution in [3.8, 4) is 0 Å². The van der Waals surface area contributed by atoms with E-state index in [1.807, 2.05) is 12.1 Å². The van der Waals surface area contributed by atoms with Crippen molar-refractivity contribution in [2.45, 2.75) is 19.6 Å².